The lowest BCUT2D eigenvalue weighted by Crippen LogP contribution is -2.37. The molecule has 1 saturated carbocycles. The van der Waals surface area contributed by atoms with E-state index in [2.05, 4.69) is 24.3 Å². The van der Waals surface area contributed by atoms with Crippen molar-refractivity contribution >= 4 is 11.7 Å². The lowest BCUT2D eigenvalue weighted by atomic mass is 10.1. The number of nitrogen functional groups attached to an aromatic ring is 1. The highest BCUT2D eigenvalue weighted by molar-refractivity contribution is 5.95. The molecular formula is C15H22N4O. The van der Waals surface area contributed by atoms with E-state index >= 15 is 0 Å². The molecule has 0 spiro atoms. The number of anilines is 1. The molecule has 1 saturated heterocycles. The molecule has 2 unspecified atom stereocenters. The predicted molar refractivity (Wildman–Crippen MR) is 78.3 cm³/mol. The molecule has 5 heteroatoms. The van der Waals surface area contributed by atoms with Crippen LogP contribution in [0.2, 0.25) is 0 Å². The minimum absolute atomic E-state index is 0.123. The number of likely N-dealkylation sites (tertiary alicyclic amines) is 1. The van der Waals surface area contributed by atoms with Crippen LogP contribution in [0, 0.1) is 5.92 Å². The normalized spacial score (nSPS) is 24.5. The van der Waals surface area contributed by atoms with Crippen molar-refractivity contribution in [1.82, 2.24) is 9.88 Å². The molecule has 3 N–H and O–H groups in total. The number of hydrogen-bond donors (Lipinski definition) is 2. The zero-order chi connectivity index (χ0) is 14.3. The number of nitrogens with one attached hydrogen (secondary N) is 1. The topological polar surface area (TPSA) is 71.2 Å². The lowest BCUT2D eigenvalue weighted by molar-refractivity contribution is 0.0703. The zero-order valence-electron chi connectivity index (χ0n) is 12.1. The minimum atomic E-state index is 0.123. The fraction of sp³-hybridized carbons (Fsp3) is 0.600. The van der Waals surface area contributed by atoms with E-state index in [0.717, 1.165) is 18.7 Å². The molecule has 2 atom stereocenters. The first-order chi connectivity index (χ1) is 9.58. The molecule has 1 aliphatic carbocycles. The molecule has 1 aromatic heterocycles. The number of carbonyl (C=O) groups excluding carboxylic acids is 1. The Morgan fingerprint density at radius 3 is 2.80 bits per heavy atom. The van der Waals surface area contributed by atoms with Crippen LogP contribution >= 0.6 is 0 Å². The van der Waals surface area contributed by atoms with Crippen LogP contribution in [-0.4, -0.2) is 28.4 Å². The molecular weight excluding hydrogens is 252 g/mol. The second-order valence-electron chi connectivity index (χ2n) is 6.26. The summed E-state index contributed by atoms with van der Waals surface area (Å²) in [4.78, 5) is 19.1. The number of carbonyl (C=O) groups is 1. The average Bonchev–Trinajstić information content (AvgIpc) is 3.08. The molecule has 20 heavy (non-hydrogen) atoms. The van der Waals surface area contributed by atoms with Crippen LogP contribution in [0.4, 0.5) is 5.82 Å². The Hall–Kier alpha value is -1.62. The van der Waals surface area contributed by atoms with E-state index in [1.807, 2.05) is 11.0 Å². The van der Waals surface area contributed by atoms with Crippen molar-refractivity contribution in [2.45, 2.75) is 45.1 Å². The van der Waals surface area contributed by atoms with E-state index in [-0.39, 0.29) is 11.8 Å². The SMILES string of the molecule is CC(C)c1cc(C(=O)N2CC3CCC2C3)cc(NN)n1. The number of nitrogens with two attached hydrogens (primary N) is 1. The number of amides is 1. The van der Waals surface area contributed by atoms with Crippen molar-refractivity contribution in [1.29, 1.82) is 0 Å². The number of hydrogen-bond acceptors (Lipinski definition) is 4. The molecule has 108 valence electrons. The highest BCUT2D eigenvalue weighted by Gasteiger charge is 2.40. The summed E-state index contributed by atoms with van der Waals surface area (Å²) in [6.07, 6.45) is 3.61. The zero-order valence-corrected chi connectivity index (χ0v) is 12.1. The van der Waals surface area contributed by atoms with Gasteiger partial charge in [0.25, 0.3) is 5.91 Å². The number of piperidine rings is 1. The molecule has 2 bridgehead atoms. The Bertz CT molecular complexity index is 529. The Morgan fingerprint density at radius 2 is 2.25 bits per heavy atom. The van der Waals surface area contributed by atoms with Crippen molar-refractivity contribution in [3.8, 4) is 0 Å². The van der Waals surface area contributed by atoms with Crippen molar-refractivity contribution in [3.63, 3.8) is 0 Å². The van der Waals surface area contributed by atoms with Gasteiger partial charge in [-0.15, -0.1) is 0 Å². The summed E-state index contributed by atoms with van der Waals surface area (Å²) in [6, 6.07) is 4.09. The third kappa shape index (κ3) is 2.26. The van der Waals surface area contributed by atoms with Gasteiger partial charge in [0.05, 0.1) is 0 Å². The van der Waals surface area contributed by atoms with Gasteiger partial charge in [0.15, 0.2) is 0 Å². The highest BCUT2D eigenvalue weighted by Crippen LogP contribution is 2.38. The third-order valence-electron chi connectivity index (χ3n) is 4.50. The van der Waals surface area contributed by atoms with E-state index in [1.165, 1.54) is 12.8 Å². The van der Waals surface area contributed by atoms with Gasteiger partial charge in [-0.1, -0.05) is 13.8 Å². The van der Waals surface area contributed by atoms with Crippen LogP contribution < -0.4 is 11.3 Å². The van der Waals surface area contributed by atoms with Crippen LogP contribution in [0.25, 0.3) is 0 Å². The standard InChI is InChI=1S/C15H22N4O/c1-9(2)13-6-11(7-14(17-13)18-16)15(20)19-8-10-3-4-12(19)5-10/h6-7,9-10,12H,3-5,8,16H2,1-2H3,(H,17,18). The van der Waals surface area contributed by atoms with Crippen LogP contribution in [0.1, 0.15) is 55.1 Å². The average molecular weight is 274 g/mol. The predicted octanol–water partition coefficient (Wildman–Crippen LogP) is 2.12. The van der Waals surface area contributed by atoms with Crippen LogP contribution in [0.15, 0.2) is 12.1 Å². The molecule has 1 aliphatic heterocycles. The first-order valence-corrected chi connectivity index (χ1v) is 7.38. The maximum absolute atomic E-state index is 12.7. The number of fused-ring (bicyclic) bond motifs is 2. The van der Waals surface area contributed by atoms with Gasteiger partial charge in [0.2, 0.25) is 0 Å². The molecule has 2 fully saturated rings. The number of nitrogens with zero attached hydrogens (tertiary/aromatic N) is 2. The van der Waals surface area contributed by atoms with Gasteiger partial charge >= 0.3 is 0 Å². The largest absolute Gasteiger partial charge is 0.335 e. The number of pyridine rings is 1. The van der Waals surface area contributed by atoms with Crippen LogP contribution in [-0.2, 0) is 0 Å². The Kier molecular flexibility index (Phi) is 3.38. The van der Waals surface area contributed by atoms with Crippen LogP contribution in [0.3, 0.4) is 0 Å². The number of aromatic nitrogens is 1. The summed E-state index contributed by atoms with van der Waals surface area (Å²) in [7, 11) is 0. The van der Waals surface area contributed by atoms with E-state index in [9.17, 15) is 4.79 Å². The summed E-state index contributed by atoms with van der Waals surface area (Å²) in [6.45, 7) is 5.04. The van der Waals surface area contributed by atoms with Crippen molar-refractivity contribution in [2.24, 2.45) is 11.8 Å². The van der Waals surface area contributed by atoms with Gasteiger partial charge < -0.3 is 10.3 Å². The molecule has 3 rings (SSSR count). The lowest BCUT2D eigenvalue weighted by Gasteiger charge is -2.27. The van der Waals surface area contributed by atoms with Crippen molar-refractivity contribution in [3.05, 3.63) is 23.4 Å². The van der Waals surface area contributed by atoms with Gasteiger partial charge in [-0.3, -0.25) is 4.79 Å². The van der Waals surface area contributed by atoms with E-state index in [1.54, 1.807) is 6.07 Å². The molecule has 0 aromatic carbocycles. The fourth-order valence-electron chi connectivity index (χ4n) is 3.38. The molecule has 1 amide bonds. The second-order valence-corrected chi connectivity index (χ2v) is 6.26. The fourth-order valence-corrected chi connectivity index (χ4v) is 3.38. The van der Waals surface area contributed by atoms with Crippen molar-refractivity contribution in [2.75, 3.05) is 12.0 Å². The second kappa shape index (κ2) is 5.05. The van der Waals surface area contributed by atoms with Crippen LogP contribution in [0.5, 0.6) is 0 Å². The molecule has 1 aromatic rings. The first-order valence-electron chi connectivity index (χ1n) is 7.38. The highest BCUT2D eigenvalue weighted by atomic mass is 16.2. The first kappa shape index (κ1) is 13.4. The number of rotatable bonds is 3. The molecule has 0 radical (unpaired) electrons. The summed E-state index contributed by atoms with van der Waals surface area (Å²) in [5.74, 6) is 7.13. The van der Waals surface area contributed by atoms with E-state index in [4.69, 9.17) is 5.84 Å². The molecule has 2 heterocycles. The summed E-state index contributed by atoms with van der Waals surface area (Å²) in [5, 5.41) is 0. The monoisotopic (exact) mass is 274 g/mol. The van der Waals surface area contributed by atoms with Gasteiger partial charge in [-0.05, 0) is 43.2 Å². The Balaban J connectivity index is 1.89. The van der Waals surface area contributed by atoms with Gasteiger partial charge in [-0.25, -0.2) is 10.8 Å². The Morgan fingerprint density at radius 1 is 1.45 bits per heavy atom. The van der Waals surface area contributed by atoms with E-state index < -0.39 is 0 Å². The number of hydrazine groups is 1. The van der Waals surface area contributed by atoms with Crippen molar-refractivity contribution < 1.29 is 4.79 Å². The minimum Gasteiger partial charge on any atom is -0.335 e. The maximum atomic E-state index is 12.7. The molecule has 5 nitrogen and oxygen atoms in total. The summed E-state index contributed by atoms with van der Waals surface area (Å²) >= 11 is 0. The third-order valence-corrected chi connectivity index (χ3v) is 4.50. The van der Waals surface area contributed by atoms with Gasteiger partial charge in [0, 0.05) is 23.8 Å². The molecule has 2 aliphatic rings. The van der Waals surface area contributed by atoms with Gasteiger partial charge in [0.1, 0.15) is 5.82 Å². The summed E-state index contributed by atoms with van der Waals surface area (Å²) in [5.41, 5.74) is 4.15. The smallest absolute Gasteiger partial charge is 0.254 e. The Labute approximate surface area is 119 Å². The summed E-state index contributed by atoms with van der Waals surface area (Å²) < 4.78 is 0. The maximum Gasteiger partial charge on any atom is 0.254 e. The van der Waals surface area contributed by atoms with Gasteiger partial charge in [-0.2, -0.15) is 0 Å². The quantitative estimate of drug-likeness (QED) is 0.654. The van der Waals surface area contributed by atoms with E-state index in [0.29, 0.717) is 23.3 Å².